The van der Waals surface area contributed by atoms with Gasteiger partial charge in [-0.3, -0.25) is 4.68 Å². The number of nitrogens with zero attached hydrogens (tertiary/aromatic N) is 5. The Morgan fingerprint density at radius 3 is 2.70 bits per heavy atom. The molecule has 20 heavy (non-hydrogen) atoms. The van der Waals surface area contributed by atoms with E-state index in [2.05, 4.69) is 15.5 Å². The van der Waals surface area contributed by atoms with Crippen LogP contribution in [0, 0.1) is 19.8 Å². The minimum atomic E-state index is -3.50. The first-order valence-electron chi connectivity index (χ1n) is 6.25. The number of aromatic nitrogens is 4. The van der Waals surface area contributed by atoms with Gasteiger partial charge in [0.2, 0.25) is 10.0 Å². The van der Waals surface area contributed by atoms with Gasteiger partial charge in [0, 0.05) is 31.7 Å². The second-order valence-corrected chi connectivity index (χ2v) is 6.84. The molecule has 108 valence electrons. The van der Waals surface area contributed by atoms with Crippen molar-refractivity contribution in [3.8, 4) is 0 Å². The SMILES string of the molecule is Cc1noc(C)c1S(=O)(=O)N1CC(Cn2ccnn2)C1. The molecule has 0 unspecified atom stereocenters. The molecular weight excluding hydrogens is 282 g/mol. The first-order chi connectivity index (χ1) is 9.48. The maximum atomic E-state index is 12.5. The molecule has 0 spiro atoms. The maximum absolute atomic E-state index is 12.5. The van der Waals surface area contributed by atoms with E-state index in [9.17, 15) is 8.42 Å². The fourth-order valence-corrected chi connectivity index (χ4v) is 4.28. The molecular formula is C11H15N5O3S. The van der Waals surface area contributed by atoms with E-state index in [1.165, 1.54) is 4.31 Å². The van der Waals surface area contributed by atoms with E-state index in [0.29, 0.717) is 31.1 Å². The van der Waals surface area contributed by atoms with Crippen LogP contribution in [0.3, 0.4) is 0 Å². The monoisotopic (exact) mass is 297 g/mol. The minimum absolute atomic E-state index is 0.191. The van der Waals surface area contributed by atoms with Crippen molar-refractivity contribution in [1.82, 2.24) is 24.5 Å². The first-order valence-corrected chi connectivity index (χ1v) is 7.69. The van der Waals surface area contributed by atoms with Crippen molar-refractivity contribution >= 4 is 10.0 Å². The Kier molecular flexibility index (Phi) is 3.09. The summed E-state index contributed by atoms with van der Waals surface area (Å²) in [6.45, 7) is 4.88. The van der Waals surface area contributed by atoms with E-state index >= 15 is 0 Å². The van der Waals surface area contributed by atoms with Crippen molar-refractivity contribution in [3.05, 3.63) is 23.8 Å². The van der Waals surface area contributed by atoms with Gasteiger partial charge >= 0.3 is 0 Å². The average molecular weight is 297 g/mol. The second-order valence-electron chi connectivity index (χ2n) is 4.97. The molecule has 3 heterocycles. The number of hydrogen-bond acceptors (Lipinski definition) is 6. The van der Waals surface area contributed by atoms with E-state index in [4.69, 9.17) is 4.52 Å². The summed E-state index contributed by atoms with van der Waals surface area (Å²) >= 11 is 0. The zero-order valence-electron chi connectivity index (χ0n) is 11.2. The van der Waals surface area contributed by atoms with Crippen LogP contribution in [0.4, 0.5) is 0 Å². The standard InChI is InChI=1S/C11H15N5O3S/c1-8-11(9(2)19-13-8)20(17,18)16-6-10(7-16)5-15-4-3-12-14-15/h3-4,10H,5-7H2,1-2H3. The van der Waals surface area contributed by atoms with Gasteiger partial charge < -0.3 is 4.52 Å². The topological polar surface area (TPSA) is 94.1 Å². The Bertz CT molecular complexity index is 681. The van der Waals surface area contributed by atoms with Crippen LogP contribution in [0.15, 0.2) is 21.8 Å². The molecule has 1 fully saturated rings. The van der Waals surface area contributed by atoms with Gasteiger partial charge in [-0.2, -0.15) is 4.31 Å². The lowest BCUT2D eigenvalue weighted by Gasteiger charge is -2.37. The fourth-order valence-electron chi connectivity index (χ4n) is 2.40. The van der Waals surface area contributed by atoms with E-state index < -0.39 is 10.0 Å². The summed E-state index contributed by atoms with van der Waals surface area (Å²) in [5, 5.41) is 11.3. The van der Waals surface area contributed by atoms with Crippen molar-refractivity contribution < 1.29 is 12.9 Å². The van der Waals surface area contributed by atoms with Gasteiger partial charge in [-0.15, -0.1) is 5.10 Å². The highest BCUT2D eigenvalue weighted by Gasteiger charge is 2.39. The Hall–Kier alpha value is -1.74. The van der Waals surface area contributed by atoms with Gasteiger partial charge in [0.1, 0.15) is 10.6 Å². The molecule has 0 N–H and O–H groups in total. The maximum Gasteiger partial charge on any atom is 0.248 e. The molecule has 0 aromatic carbocycles. The Morgan fingerprint density at radius 1 is 1.40 bits per heavy atom. The quantitative estimate of drug-likeness (QED) is 0.800. The van der Waals surface area contributed by atoms with Gasteiger partial charge in [-0.1, -0.05) is 10.4 Å². The predicted molar refractivity (Wildman–Crippen MR) is 68.2 cm³/mol. The van der Waals surface area contributed by atoms with E-state index in [1.807, 2.05) is 0 Å². The van der Waals surface area contributed by atoms with E-state index in [0.717, 1.165) is 0 Å². The highest BCUT2D eigenvalue weighted by molar-refractivity contribution is 7.89. The van der Waals surface area contributed by atoms with Gasteiger partial charge in [0.15, 0.2) is 5.76 Å². The summed E-state index contributed by atoms with van der Waals surface area (Å²) in [5.74, 6) is 0.592. The lowest BCUT2D eigenvalue weighted by atomic mass is 10.0. The summed E-state index contributed by atoms with van der Waals surface area (Å²) in [6.07, 6.45) is 3.38. The molecule has 9 heteroatoms. The summed E-state index contributed by atoms with van der Waals surface area (Å²) in [5.41, 5.74) is 0.405. The number of sulfonamides is 1. The first kappa shape index (κ1) is 13.3. The Labute approximate surface area is 116 Å². The van der Waals surface area contributed by atoms with Crippen LogP contribution in [-0.4, -0.2) is 46.0 Å². The zero-order valence-corrected chi connectivity index (χ0v) is 12.0. The largest absolute Gasteiger partial charge is 0.360 e. The summed E-state index contributed by atoms with van der Waals surface area (Å²) in [6, 6.07) is 0. The predicted octanol–water partition coefficient (Wildman–Crippen LogP) is 0.204. The lowest BCUT2D eigenvalue weighted by molar-refractivity contribution is 0.174. The molecule has 1 saturated heterocycles. The summed E-state index contributed by atoms with van der Waals surface area (Å²) in [4.78, 5) is 0.191. The van der Waals surface area contributed by atoms with Gasteiger partial charge in [-0.25, -0.2) is 8.42 Å². The fraction of sp³-hybridized carbons (Fsp3) is 0.545. The van der Waals surface area contributed by atoms with E-state index in [1.54, 1.807) is 30.9 Å². The van der Waals surface area contributed by atoms with Crippen molar-refractivity contribution in [3.63, 3.8) is 0 Å². The van der Waals surface area contributed by atoms with Gasteiger partial charge in [0.05, 0.1) is 6.20 Å². The highest BCUT2D eigenvalue weighted by atomic mass is 32.2. The van der Waals surface area contributed by atoms with Crippen LogP contribution in [0.5, 0.6) is 0 Å². The molecule has 2 aromatic heterocycles. The van der Waals surface area contributed by atoms with Crippen molar-refractivity contribution in [1.29, 1.82) is 0 Å². The van der Waals surface area contributed by atoms with Crippen LogP contribution in [0.2, 0.25) is 0 Å². The third kappa shape index (κ3) is 2.12. The molecule has 1 aliphatic rings. The van der Waals surface area contributed by atoms with Crippen molar-refractivity contribution in [2.24, 2.45) is 5.92 Å². The van der Waals surface area contributed by atoms with Gasteiger partial charge in [0.25, 0.3) is 0 Å². The smallest absolute Gasteiger partial charge is 0.248 e. The normalized spacial score (nSPS) is 17.3. The third-order valence-electron chi connectivity index (χ3n) is 3.41. The highest BCUT2D eigenvalue weighted by Crippen LogP contribution is 2.29. The van der Waals surface area contributed by atoms with Crippen LogP contribution >= 0.6 is 0 Å². The van der Waals surface area contributed by atoms with Crippen molar-refractivity contribution in [2.45, 2.75) is 25.3 Å². The van der Waals surface area contributed by atoms with E-state index in [-0.39, 0.29) is 10.8 Å². The summed E-state index contributed by atoms with van der Waals surface area (Å²) < 4.78 is 33.0. The van der Waals surface area contributed by atoms with Crippen LogP contribution in [0.1, 0.15) is 11.5 Å². The molecule has 0 amide bonds. The van der Waals surface area contributed by atoms with Crippen molar-refractivity contribution in [2.75, 3.05) is 13.1 Å². The Balaban J connectivity index is 1.70. The van der Waals surface area contributed by atoms with Gasteiger partial charge in [-0.05, 0) is 13.8 Å². The number of aryl methyl sites for hydroxylation is 2. The molecule has 3 rings (SSSR count). The van der Waals surface area contributed by atoms with Crippen LogP contribution in [0.25, 0.3) is 0 Å². The zero-order chi connectivity index (χ0) is 14.3. The summed E-state index contributed by atoms with van der Waals surface area (Å²) in [7, 11) is -3.50. The Morgan fingerprint density at radius 2 is 2.15 bits per heavy atom. The molecule has 0 radical (unpaired) electrons. The molecule has 0 saturated carbocycles. The minimum Gasteiger partial charge on any atom is -0.360 e. The molecule has 0 atom stereocenters. The van der Waals surface area contributed by atoms with Crippen LogP contribution in [-0.2, 0) is 16.6 Å². The second kappa shape index (κ2) is 4.67. The third-order valence-corrected chi connectivity index (χ3v) is 5.48. The molecule has 8 nitrogen and oxygen atoms in total. The lowest BCUT2D eigenvalue weighted by Crippen LogP contribution is -2.51. The molecule has 1 aliphatic heterocycles. The molecule has 2 aromatic rings. The van der Waals surface area contributed by atoms with Crippen LogP contribution < -0.4 is 0 Å². The molecule has 0 bridgehead atoms. The molecule has 0 aliphatic carbocycles. The number of hydrogen-bond donors (Lipinski definition) is 0. The number of rotatable bonds is 4. The average Bonchev–Trinajstić information content (AvgIpc) is 2.93.